The van der Waals surface area contributed by atoms with Gasteiger partial charge in [-0.05, 0) is 25.2 Å². The highest BCUT2D eigenvalue weighted by Crippen LogP contribution is 2.34. The molecule has 11 heavy (non-hydrogen) atoms. The standard InChI is InChI=1S/C9H18N2/c1-8-2-3-9(6-8)7-10-4-5-11-9/h8,10-11H,2-7H2,1H3/t8-,9?/m1/s1. The zero-order valence-corrected chi connectivity index (χ0v) is 7.32. The Labute approximate surface area is 68.7 Å². The Kier molecular flexibility index (Phi) is 1.90. The summed E-state index contributed by atoms with van der Waals surface area (Å²) in [6, 6.07) is 0. The number of hydrogen-bond acceptors (Lipinski definition) is 2. The van der Waals surface area contributed by atoms with Gasteiger partial charge in [0, 0.05) is 25.2 Å². The van der Waals surface area contributed by atoms with Crippen molar-refractivity contribution < 1.29 is 0 Å². The van der Waals surface area contributed by atoms with Crippen LogP contribution in [0.25, 0.3) is 0 Å². The van der Waals surface area contributed by atoms with E-state index in [1.165, 1.54) is 25.8 Å². The second-order valence-corrected chi connectivity index (χ2v) is 4.23. The average Bonchev–Trinajstić information content (AvgIpc) is 2.34. The molecule has 1 aliphatic carbocycles. The number of nitrogens with one attached hydrogen (secondary N) is 2. The minimum atomic E-state index is 0.484. The SMILES string of the molecule is C[C@@H]1CCC2(CNCCN2)C1. The molecule has 0 aromatic heterocycles. The van der Waals surface area contributed by atoms with E-state index < -0.39 is 0 Å². The third-order valence-electron chi connectivity index (χ3n) is 3.12. The van der Waals surface area contributed by atoms with Crippen molar-refractivity contribution in [1.29, 1.82) is 0 Å². The monoisotopic (exact) mass is 154 g/mol. The van der Waals surface area contributed by atoms with Crippen LogP contribution in [0.15, 0.2) is 0 Å². The van der Waals surface area contributed by atoms with Crippen LogP contribution in [0.4, 0.5) is 0 Å². The molecule has 2 atom stereocenters. The molecule has 2 fully saturated rings. The van der Waals surface area contributed by atoms with Crippen molar-refractivity contribution >= 4 is 0 Å². The Morgan fingerprint density at radius 3 is 2.82 bits per heavy atom. The van der Waals surface area contributed by atoms with E-state index in [1.807, 2.05) is 0 Å². The number of hydrogen-bond donors (Lipinski definition) is 2. The lowest BCUT2D eigenvalue weighted by Gasteiger charge is -2.35. The zero-order chi connectivity index (χ0) is 7.73. The Hall–Kier alpha value is -0.0800. The molecule has 0 radical (unpaired) electrons. The van der Waals surface area contributed by atoms with Crippen LogP contribution in [-0.2, 0) is 0 Å². The lowest BCUT2D eigenvalue weighted by atomic mass is 9.94. The van der Waals surface area contributed by atoms with E-state index in [4.69, 9.17) is 0 Å². The molecule has 2 nitrogen and oxygen atoms in total. The van der Waals surface area contributed by atoms with Gasteiger partial charge in [-0.3, -0.25) is 0 Å². The van der Waals surface area contributed by atoms with Crippen LogP contribution >= 0.6 is 0 Å². The van der Waals surface area contributed by atoms with Gasteiger partial charge < -0.3 is 10.6 Å². The summed E-state index contributed by atoms with van der Waals surface area (Å²) >= 11 is 0. The van der Waals surface area contributed by atoms with Gasteiger partial charge in [0.05, 0.1) is 0 Å². The lowest BCUT2D eigenvalue weighted by Crippen LogP contribution is -2.57. The Morgan fingerprint density at radius 1 is 1.36 bits per heavy atom. The predicted molar refractivity (Wildman–Crippen MR) is 46.6 cm³/mol. The van der Waals surface area contributed by atoms with Crippen LogP contribution < -0.4 is 10.6 Å². The molecule has 2 heteroatoms. The predicted octanol–water partition coefficient (Wildman–Crippen LogP) is 0.738. The highest BCUT2D eigenvalue weighted by Gasteiger charge is 2.37. The maximum absolute atomic E-state index is 3.66. The minimum Gasteiger partial charge on any atom is -0.314 e. The van der Waals surface area contributed by atoms with Crippen molar-refractivity contribution in [3.63, 3.8) is 0 Å². The third kappa shape index (κ3) is 1.42. The largest absolute Gasteiger partial charge is 0.314 e. The van der Waals surface area contributed by atoms with Crippen molar-refractivity contribution in [1.82, 2.24) is 10.6 Å². The molecule has 1 heterocycles. The van der Waals surface area contributed by atoms with Crippen molar-refractivity contribution in [3.05, 3.63) is 0 Å². The fourth-order valence-electron chi connectivity index (χ4n) is 2.52. The van der Waals surface area contributed by atoms with Gasteiger partial charge in [-0.1, -0.05) is 6.92 Å². The average molecular weight is 154 g/mol. The van der Waals surface area contributed by atoms with Crippen molar-refractivity contribution in [3.8, 4) is 0 Å². The summed E-state index contributed by atoms with van der Waals surface area (Å²) in [6.45, 7) is 5.87. The summed E-state index contributed by atoms with van der Waals surface area (Å²) in [4.78, 5) is 0. The molecule has 2 aliphatic rings. The summed E-state index contributed by atoms with van der Waals surface area (Å²) in [7, 11) is 0. The van der Waals surface area contributed by atoms with Gasteiger partial charge in [-0.15, -0.1) is 0 Å². The van der Waals surface area contributed by atoms with E-state index in [0.717, 1.165) is 19.0 Å². The van der Waals surface area contributed by atoms with E-state index in [2.05, 4.69) is 17.6 Å². The van der Waals surface area contributed by atoms with Crippen molar-refractivity contribution in [2.24, 2.45) is 5.92 Å². The molecule has 0 aromatic carbocycles. The van der Waals surface area contributed by atoms with E-state index in [9.17, 15) is 0 Å². The van der Waals surface area contributed by atoms with Gasteiger partial charge in [0.15, 0.2) is 0 Å². The first-order chi connectivity index (χ1) is 5.31. The third-order valence-corrected chi connectivity index (χ3v) is 3.12. The van der Waals surface area contributed by atoms with Gasteiger partial charge in [0.25, 0.3) is 0 Å². The van der Waals surface area contributed by atoms with Gasteiger partial charge in [-0.2, -0.15) is 0 Å². The summed E-state index contributed by atoms with van der Waals surface area (Å²) in [5, 5.41) is 7.14. The molecule has 1 spiro atoms. The normalized spacial score (nSPS) is 45.0. The van der Waals surface area contributed by atoms with Crippen LogP contribution in [0.5, 0.6) is 0 Å². The van der Waals surface area contributed by atoms with Crippen molar-refractivity contribution in [2.75, 3.05) is 19.6 Å². The highest BCUT2D eigenvalue weighted by atomic mass is 15.1. The highest BCUT2D eigenvalue weighted by molar-refractivity contribution is 4.98. The van der Waals surface area contributed by atoms with Crippen LogP contribution in [0.2, 0.25) is 0 Å². The molecule has 1 aliphatic heterocycles. The fraction of sp³-hybridized carbons (Fsp3) is 1.00. The summed E-state index contributed by atoms with van der Waals surface area (Å²) in [6.07, 6.45) is 4.16. The quantitative estimate of drug-likeness (QED) is 0.538. The molecule has 2 rings (SSSR count). The maximum Gasteiger partial charge on any atom is 0.0309 e. The number of piperazine rings is 1. The molecular weight excluding hydrogens is 136 g/mol. The molecular formula is C9H18N2. The van der Waals surface area contributed by atoms with E-state index >= 15 is 0 Å². The second kappa shape index (κ2) is 2.76. The molecule has 64 valence electrons. The van der Waals surface area contributed by atoms with E-state index in [0.29, 0.717) is 5.54 Å². The Bertz CT molecular complexity index is 133. The van der Waals surface area contributed by atoms with E-state index in [-0.39, 0.29) is 0 Å². The molecule has 0 amide bonds. The topological polar surface area (TPSA) is 24.1 Å². The maximum atomic E-state index is 3.66. The summed E-state index contributed by atoms with van der Waals surface area (Å²) in [5.41, 5.74) is 0.484. The van der Waals surface area contributed by atoms with Crippen LogP contribution in [0, 0.1) is 5.92 Å². The van der Waals surface area contributed by atoms with Crippen LogP contribution in [-0.4, -0.2) is 25.2 Å². The van der Waals surface area contributed by atoms with Crippen molar-refractivity contribution in [2.45, 2.75) is 31.7 Å². The van der Waals surface area contributed by atoms with Gasteiger partial charge in [-0.25, -0.2) is 0 Å². The van der Waals surface area contributed by atoms with Crippen LogP contribution in [0.3, 0.4) is 0 Å². The molecule has 0 aromatic rings. The van der Waals surface area contributed by atoms with Gasteiger partial charge in [0.2, 0.25) is 0 Å². The smallest absolute Gasteiger partial charge is 0.0309 e. The fourth-order valence-corrected chi connectivity index (χ4v) is 2.52. The van der Waals surface area contributed by atoms with E-state index in [1.54, 1.807) is 0 Å². The van der Waals surface area contributed by atoms with Gasteiger partial charge >= 0.3 is 0 Å². The lowest BCUT2D eigenvalue weighted by molar-refractivity contribution is 0.271. The Balaban J connectivity index is 1.98. The van der Waals surface area contributed by atoms with Crippen LogP contribution in [0.1, 0.15) is 26.2 Å². The van der Waals surface area contributed by atoms with Gasteiger partial charge in [0.1, 0.15) is 0 Å². The second-order valence-electron chi connectivity index (χ2n) is 4.23. The molecule has 2 N–H and O–H groups in total. The molecule has 1 saturated heterocycles. The first kappa shape index (κ1) is 7.56. The minimum absolute atomic E-state index is 0.484. The summed E-state index contributed by atoms with van der Waals surface area (Å²) in [5.74, 6) is 0.933. The first-order valence-corrected chi connectivity index (χ1v) is 4.77. The summed E-state index contributed by atoms with van der Waals surface area (Å²) < 4.78 is 0. The molecule has 1 saturated carbocycles. The Morgan fingerprint density at radius 2 is 2.27 bits per heavy atom. The molecule has 0 bridgehead atoms. The zero-order valence-electron chi connectivity index (χ0n) is 7.32. The first-order valence-electron chi connectivity index (χ1n) is 4.77. The number of rotatable bonds is 0. The molecule has 1 unspecified atom stereocenters.